The van der Waals surface area contributed by atoms with Crippen LogP contribution < -0.4 is 0 Å². The van der Waals surface area contributed by atoms with Gasteiger partial charge in [-0.2, -0.15) is 0 Å². The zero-order chi connectivity index (χ0) is 34.1. The number of nitrogens with zero attached hydrogens (tertiary/aromatic N) is 2. The predicted octanol–water partition coefficient (Wildman–Crippen LogP) is 11.1. The lowest BCUT2D eigenvalue weighted by Gasteiger charge is -2.08. The van der Waals surface area contributed by atoms with Crippen molar-refractivity contribution >= 4 is 5.78 Å². The highest BCUT2D eigenvalue weighted by Gasteiger charge is 2.06. The third kappa shape index (κ3) is 12.3. The topological polar surface area (TPSA) is 63.1 Å². The minimum Gasteiger partial charge on any atom is -0.512 e. The number of aryl methyl sites for hydroxylation is 5. The summed E-state index contributed by atoms with van der Waals surface area (Å²) in [5.41, 5.74) is 11.1. The lowest BCUT2D eigenvalue weighted by atomic mass is 9.99. The van der Waals surface area contributed by atoms with Gasteiger partial charge in [0.05, 0.1) is 17.1 Å². The van der Waals surface area contributed by atoms with Gasteiger partial charge in [-0.3, -0.25) is 14.8 Å². The van der Waals surface area contributed by atoms with Gasteiger partial charge in [-0.05, 0) is 123 Å². The van der Waals surface area contributed by atoms with Crippen molar-refractivity contribution in [3.63, 3.8) is 0 Å². The monoisotopic (exact) mass is 650 g/mol. The molecule has 2 heterocycles. The van der Waals surface area contributed by atoms with Gasteiger partial charge in [-0.1, -0.05) is 92.4 Å². The predicted molar refractivity (Wildman–Crippen MR) is 203 cm³/mol. The SMILES string of the molecule is CC(=O)C=C(O)CCCc1ccc(CCc2ccnc(-c3cccc(CCCCCCCCc4cccc(-c5ccccn5)c4)c3)c2)cc1. The molecule has 0 spiro atoms. The molecule has 0 bridgehead atoms. The number of aliphatic hydroxyl groups is 1. The minimum absolute atomic E-state index is 0.115. The summed E-state index contributed by atoms with van der Waals surface area (Å²) in [5.74, 6) is 0.0531. The average Bonchev–Trinajstić information content (AvgIpc) is 3.13. The number of carbonyl (C=O) groups is 1. The Balaban J connectivity index is 0.995. The number of aliphatic hydroxyl groups excluding tert-OH is 1. The highest BCUT2D eigenvalue weighted by Crippen LogP contribution is 2.23. The zero-order valence-electron chi connectivity index (χ0n) is 29.0. The maximum absolute atomic E-state index is 11.1. The molecule has 3 aromatic carbocycles. The maximum atomic E-state index is 11.1. The van der Waals surface area contributed by atoms with Crippen molar-refractivity contribution in [1.29, 1.82) is 0 Å². The molecule has 0 aliphatic rings. The Hall–Kier alpha value is -4.83. The van der Waals surface area contributed by atoms with Crippen LogP contribution in [0.2, 0.25) is 0 Å². The van der Waals surface area contributed by atoms with E-state index in [0.29, 0.717) is 6.42 Å². The van der Waals surface area contributed by atoms with E-state index in [1.54, 1.807) is 0 Å². The molecule has 49 heavy (non-hydrogen) atoms. The van der Waals surface area contributed by atoms with Crippen molar-refractivity contribution in [3.05, 3.63) is 155 Å². The van der Waals surface area contributed by atoms with Crippen LogP contribution in [0, 0.1) is 0 Å². The molecule has 0 aliphatic heterocycles. The first-order valence-electron chi connectivity index (χ1n) is 18.0. The molecule has 1 N–H and O–H groups in total. The number of pyridine rings is 2. The summed E-state index contributed by atoms with van der Waals surface area (Å²) >= 11 is 0. The fourth-order valence-corrected chi connectivity index (χ4v) is 6.40. The Bertz CT molecular complexity index is 1780. The molecule has 252 valence electrons. The van der Waals surface area contributed by atoms with Crippen LogP contribution in [0.1, 0.15) is 86.1 Å². The van der Waals surface area contributed by atoms with Gasteiger partial charge in [-0.15, -0.1) is 0 Å². The van der Waals surface area contributed by atoms with Crippen molar-refractivity contribution in [2.45, 2.75) is 90.4 Å². The first kappa shape index (κ1) is 35.5. The summed E-state index contributed by atoms with van der Waals surface area (Å²) in [4.78, 5) is 20.3. The molecule has 0 amide bonds. The molecule has 0 aliphatic carbocycles. The third-order valence-electron chi connectivity index (χ3n) is 9.11. The second-order valence-electron chi connectivity index (χ2n) is 13.2. The molecule has 0 fully saturated rings. The third-order valence-corrected chi connectivity index (χ3v) is 9.11. The Morgan fingerprint density at radius 2 is 1.08 bits per heavy atom. The quantitative estimate of drug-likeness (QED) is 0.0549. The number of benzene rings is 3. The Morgan fingerprint density at radius 1 is 0.531 bits per heavy atom. The molecule has 0 radical (unpaired) electrons. The smallest absolute Gasteiger partial charge is 0.155 e. The van der Waals surface area contributed by atoms with Crippen LogP contribution in [0.25, 0.3) is 22.5 Å². The molecule has 0 atom stereocenters. The first-order valence-corrected chi connectivity index (χ1v) is 18.0. The standard InChI is InChI=1S/C45H50N2O2/c1-35(48)31-43(49)20-12-15-36-22-24-37(25-23-36)26-27-40-28-30-47-45(34-40)42-19-11-17-39(33-42)14-7-5-3-2-4-6-13-38-16-10-18-41(32-38)44-21-8-9-29-46-44/h8-11,16-19,21-25,28-34,49H,2-7,12-15,20,26-27H2,1H3. The molecular weight excluding hydrogens is 601 g/mol. The van der Waals surface area contributed by atoms with E-state index in [2.05, 4.69) is 96.0 Å². The van der Waals surface area contributed by atoms with Crippen LogP contribution in [-0.2, 0) is 36.9 Å². The Labute approximate surface area is 293 Å². The van der Waals surface area contributed by atoms with Gasteiger partial charge in [0.1, 0.15) is 0 Å². The van der Waals surface area contributed by atoms with Gasteiger partial charge < -0.3 is 5.11 Å². The van der Waals surface area contributed by atoms with E-state index in [4.69, 9.17) is 4.98 Å². The largest absolute Gasteiger partial charge is 0.512 e. The molecule has 2 aromatic heterocycles. The fraction of sp³-hybridized carbons (Fsp3) is 0.311. The summed E-state index contributed by atoms with van der Waals surface area (Å²) < 4.78 is 0. The van der Waals surface area contributed by atoms with Crippen molar-refractivity contribution in [2.24, 2.45) is 0 Å². The normalized spacial score (nSPS) is 11.5. The minimum atomic E-state index is -0.115. The second-order valence-corrected chi connectivity index (χ2v) is 13.2. The van der Waals surface area contributed by atoms with Crippen molar-refractivity contribution < 1.29 is 9.90 Å². The van der Waals surface area contributed by atoms with E-state index >= 15 is 0 Å². The summed E-state index contributed by atoms with van der Waals surface area (Å²) in [6.07, 6.45) is 19.1. The van der Waals surface area contributed by atoms with Crippen molar-refractivity contribution in [2.75, 3.05) is 0 Å². The van der Waals surface area contributed by atoms with Crippen LogP contribution in [0.5, 0.6) is 0 Å². The fourth-order valence-electron chi connectivity index (χ4n) is 6.40. The summed E-state index contributed by atoms with van der Waals surface area (Å²) in [5, 5.41) is 9.79. The number of hydrogen-bond acceptors (Lipinski definition) is 4. The number of carbonyl (C=O) groups excluding carboxylic acids is 1. The lowest BCUT2D eigenvalue weighted by molar-refractivity contribution is -0.112. The molecular formula is C45H50N2O2. The Morgan fingerprint density at radius 3 is 1.71 bits per heavy atom. The van der Waals surface area contributed by atoms with E-state index in [9.17, 15) is 9.90 Å². The van der Waals surface area contributed by atoms with Crippen LogP contribution in [0.4, 0.5) is 0 Å². The highest BCUT2D eigenvalue weighted by atomic mass is 16.3. The van der Waals surface area contributed by atoms with E-state index in [-0.39, 0.29) is 11.5 Å². The van der Waals surface area contributed by atoms with Crippen LogP contribution >= 0.6 is 0 Å². The molecule has 0 saturated heterocycles. The maximum Gasteiger partial charge on any atom is 0.155 e. The van der Waals surface area contributed by atoms with Crippen LogP contribution in [0.3, 0.4) is 0 Å². The number of rotatable bonds is 19. The number of allylic oxidation sites excluding steroid dienone is 2. The summed E-state index contributed by atoms with van der Waals surface area (Å²) in [7, 11) is 0. The summed E-state index contributed by atoms with van der Waals surface area (Å²) in [6, 6.07) is 37.0. The van der Waals surface area contributed by atoms with E-state index < -0.39 is 0 Å². The number of unbranched alkanes of at least 4 members (excludes halogenated alkanes) is 5. The van der Waals surface area contributed by atoms with E-state index in [1.165, 1.54) is 90.5 Å². The van der Waals surface area contributed by atoms with Gasteiger partial charge >= 0.3 is 0 Å². The van der Waals surface area contributed by atoms with Gasteiger partial charge in [0.15, 0.2) is 5.78 Å². The van der Waals surface area contributed by atoms with Gasteiger partial charge in [0, 0.05) is 36.0 Å². The molecule has 5 aromatic rings. The molecule has 4 nitrogen and oxygen atoms in total. The molecule has 0 saturated carbocycles. The summed E-state index contributed by atoms with van der Waals surface area (Å²) in [6.45, 7) is 1.46. The number of ketones is 1. The Kier molecular flexibility index (Phi) is 13.9. The lowest BCUT2D eigenvalue weighted by Crippen LogP contribution is -1.95. The van der Waals surface area contributed by atoms with Crippen molar-refractivity contribution in [3.8, 4) is 22.5 Å². The molecule has 5 rings (SSSR count). The van der Waals surface area contributed by atoms with Gasteiger partial charge in [0.25, 0.3) is 0 Å². The van der Waals surface area contributed by atoms with Crippen molar-refractivity contribution in [1.82, 2.24) is 9.97 Å². The van der Waals surface area contributed by atoms with Gasteiger partial charge in [0.2, 0.25) is 0 Å². The number of aromatic nitrogens is 2. The molecule has 0 unspecified atom stereocenters. The number of hydrogen-bond donors (Lipinski definition) is 1. The molecule has 4 heteroatoms. The average molecular weight is 651 g/mol. The van der Waals surface area contributed by atoms with Crippen LogP contribution in [-0.4, -0.2) is 20.9 Å². The zero-order valence-corrected chi connectivity index (χ0v) is 29.0. The van der Waals surface area contributed by atoms with E-state index in [1.807, 2.05) is 24.5 Å². The highest BCUT2D eigenvalue weighted by molar-refractivity contribution is 5.87. The first-order chi connectivity index (χ1) is 24.0. The van der Waals surface area contributed by atoms with Gasteiger partial charge in [-0.25, -0.2) is 0 Å². The van der Waals surface area contributed by atoms with Crippen LogP contribution in [0.15, 0.2) is 127 Å². The second kappa shape index (κ2) is 19.2. The van der Waals surface area contributed by atoms with E-state index in [0.717, 1.165) is 49.9 Å².